The average Bonchev–Trinajstić information content (AvgIpc) is 2.71. The van der Waals surface area contributed by atoms with Gasteiger partial charge in [0, 0.05) is 26.2 Å². The first-order chi connectivity index (χ1) is 13.6. The van der Waals surface area contributed by atoms with Gasteiger partial charge in [-0.2, -0.15) is 0 Å². The van der Waals surface area contributed by atoms with E-state index in [-0.39, 0.29) is 17.8 Å². The minimum Gasteiger partial charge on any atom is -0.369 e. The molecule has 8 heteroatoms. The second-order valence-electron chi connectivity index (χ2n) is 6.59. The number of likely N-dealkylation sites (N-methyl/N-ethyl adjacent to an activating group) is 1. The van der Waals surface area contributed by atoms with Gasteiger partial charge >= 0.3 is 0 Å². The summed E-state index contributed by atoms with van der Waals surface area (Å²) in [6, 6.07) is 8.51. The van der Waals surface area contributed by atoms with Crippen molar-refractivity contribution in [2.24, 2.45) is 0 Å². The van der Waals surface area contributed by atoms with Crippen LogP contribution in [0.25, 0.3) is 0 Å². The summed E-state index contributed by atoms with van der Waals surface area (Å²) in [5.74, 6) is 0.872. The molecule has 0 saturated carbocycles. The standard InChI is InChI=1S/C20H26FN5O2/c1-3-26(4-2)20(27)14-25-10-11-28-17(13-25)16-6-5-7-19(23-16)24-18-9-8-15(21)12-22-18/h5-9,12,17H,3-4,10-11,13-14H2,1-2H3,(H,22,23,24)/t17-/m1/s1. The van der Waals surface area contributed by atoms with Crippen LogP contribution in [0.4, 0.5) is 16.0 Å². The molecule has 3 heterocycles. The molecule has 1 fully saturated rings. The van der Waals surface area contributed by atoms with Crippen LogP contribution >= 0.6 is 0 Å². The van der Waals surface area contributed by atoms with Gasteiger partial charge in [0.1, 0.15) is 23.6 Å². The molecule has 2 aromatic rings. The van der Waals surface area contributed by atoms with E-state index in [1.165, 1.54) is 6.07 Å². The van der Waals surface area contributed by atoms with Gasteiger partial charge in [-0.25, -0.2) is 14.4 Å². The van der Waals surface area contributed by atoms with Crippen LogP contribution in [-0.2, 0) is 9.53 Å². The summed E-state index contributed by atoms with van der Waals surface area (Å²) in [6.45, 7) is 7.68. The quantitative estimate of drug-likeness (QED) is 0.788. The van der Waals surface area contributed by atoms with E-state index in [0.717, 1.165) is 31.5 Å². The molecule has 1 aliphatic heterocycles. The maximum absolute atomic E-state index is 13.0. The fraction of sp³-hybridized carbons (Fsp3) is 0.450. The maximum Gasteiger partial charge on any atom is 0.236 e. The van der Waals surface area contributed by atoms with E-state index < -0.39 is 0 Å². The average molecular weight is 387 g/mol. The summed E-state index contributed by atoms with van der Waals surface area (Å²) in [5.41, 5.74) is 0.784. The molecular formula is C20H26FN5O2. The SMILES string of the molecule is CCN(CC)C(=O)CN1CCO[C@@H](c2cccc(Nc3ccc(F)cn3)n2)C1. The second-order valence-corrected chi connectivity index (χ2v) is 6.59. The Bertz CT molecular complexity index is 782. The van der Waals surface area contributed by atoms with Crippen molar-refractivity contribution in [1.82, 2.24) is 19.8 Å². The molecule has 0 bridgehead atoms. The predicted octanol–water partition coefficient (Wildman–Crippen LogP) is 2.60. The lowest BCUT2D eigenvalue weighted by atomic mass is 10.2. The predicted molar refractivity (Wildman–Crippen MR) is 105 cm³/mol. The fourth-order valence-corrected chi connectivity index (χ4v) is 3.17. The molecule has 0 radical (unpaired) electrons. The van der Waals surface area contributed by atoms with Crippen molar-refractivity contribution in [2.75, 3.05) is 44.6 Å². The Labute approximate surface area is 164 Å². The molecule has 2 aromatic heterocycles. The Morgan fingerprint density at radius 3 is 2.82 bits per heavy atom. The number of pyridine rings is 2. The second kappa shape index (κ2) is 9.57. The molecular weight excluding hydrogens is 361 g/mol. The number of halogens is 1. The fourth-order valence-electron chi connectivity index (χ4n) is 3.17. The van der Waals surface area contributed by atoms with E-state index in [2.05, 4.69) is 20.2 Å². The smallest absolute Gasteiger partial charge is 0.236 e. The maximum atomic E-state index is 13.0. The lowest BCUT2D eigenvalue weighted by Crippen LogP contribution is -2.45. The Morgan fingerprint density at radius 1 is 1.29 bits per heavy atom. The van der Waals surface area contributed by atoms with Crippen molar-refractivity contribution in [2.45, 2.75) is 20.0 Å². The molecule has 0 unspecified atom stereocenters. The molecule has 3 rings (SSSR count). The van der Waals surface area contributed by atoms with Gasteiger partial charge in [0.2, 0.25) is 5.91 Å². The highest BCUT2D eigenvalue weighted by Crippen LogP contribution is 2.23. The van der Waals surface area contributed by atoms with Crippen LogP contribution in [0.3, 0.4) is 0 Å². The van der Waals surface area contributed by atoms with Crippen LogP contribution in [0, 0.1) is 5.82 Å². The first-order valence-corrected chi connectivity index (χ1v) is 9.56. The number of aromatic nitrogens is 2. The molecule has 7 nitrogen and oxygen atoms in total. The van der Waals surface area contributed by atoms with Crippen molar-refractivity contribution in [3.8, 4) is 0 Å². The van der Waals surface area contributed by atoms with Crippen molar-refractivity contribution in [3.05, 3.63) is 48.0 Å². The highest BCUT2D eigenvalue weighted by molar-refractivity contribution is 5.78. The molecule has 0 aromatic carbocycles. The Hall–Kier alpha value is -2.58. The van der Waals surface area contributed by atoms with E-state index in [1.807, 2.05) is 36.9 Å². The van der Waals surface area contributed by atoms with Gasteiger partial charge in [0.25, 0.3) is 0 Å². The number of anilines is 2. The molecule has 1 amide bonds. The number of amides is 1. The summed E-state index contributed by atoms with van der Waals surface area (Å²) in [5, 5.41) is 3.07. The number of ether oxygens (including phenoxy) is 1. The molecule has 1 N–H and O–H groups in total. The number of morpholine rings is 1. The monoisotopic (exact) mass is 387 g/mol. The zero-order valence-electron chi connectivity index (χ0n) is 16.3. The van der Waals surface area contributed by atoms with E-state index in [0.29, 0.717) is 31.3 Å². The third-order valence-corrected chi connectivity index (χ3v) is 4.71. The van der Waals surface area contributed by atoms with E-state index >= 15 is 0 Å². The summed E-state index contributed by atoms with van der Waals surface area (Å²) in [6.07, 6.45) is 0.947. The number of carbonyl (C=O) groups excluding carboxylic acids is 1. The van der Waals surface area contributed by atoms with Crippen LogP contribution in [0.1, 0.15) is 25.6 Å². The van der Waals surface area contributed by atoms with E-state index in [4.69, 9.17) is 4.74 Å². The number of nitrogens with one attached hydrogen (secondary N) is 1. The van der Waals surface area contributed by atoms with Crippen molar-refractivity contribution >= 4 is 17.5 Å². The molecule has 0 spiro atoms. The lowest BCUT2D eigenvalue weighted by Gasteiger charge is -2.33. The van der Waals surface area contributed by atoms with Crippen molar-refractivity contribution in [3.63, 3.8) is 0 Å². The molecule has 28 heavy (non-hydrogen) atoms. The highest BCUT2D eigenvalue weighted by atomic mass is 19.1. The van der Waals surface area contributed by atoms with E-state index in [1.54, 1.807) is 6.07 Å². The highest BCUT2D eigenvalue weighted by Gasteiger charge is 2.25. The third-order valence-electron chi connectivity index (χ3n) is 4.71. The molecule has 150 valence electrons. The van der Waals surface area contributed by atoms with Crippen LogP contribution in [0.15, 0.2) is 36.5 Å². The summed E-state index contributed by atoms with van der Waals surface area (Å²) in [4.78, 5) is 24.9. The van der Waals surface area contributed by atoms with Gasteiger partial charge < -0.3 is 15.0 Å². The van der Waals surface area contributed by atoms with Crippen LogP contribution in [0.5, 0.6) is 0 Å². The molecule has 1 saturated heterocycles. The largest absolute Gasteiger partial charge is 0.369 e. The van der Waals surface area contributed by atoms with Gasteiger partial charge in [0.15, 0.2) is 0 Å². The first-order valence-electron chi connectivity index (χ1n) is 9.56. The molecule has 1 atom stereocenters. The lowest BCUT2D eigenvalue weighted by molar-refractivity contribution is -0.134. The number of hydrogen-bond donors (Lipinski definition) is 1. The van der Waals surface area contributed by atoms with E-state index in [9.17, 15) is 9.18 Å². The third kappa shape index (κ3) is 5.24. The van der Waals surface area contributed by atoms with Crippen LogP contribution in [-0.4, -0.2) is 65.0 Å². The van der Waals surface area contributed by atoms with Crippen molar-refractivity contribution in [1.29, 1.82) is 0 Å². The Kier molecular flexibility index (Phi) is 6.89. The van der Waals surface area contributed by atoms with Crippen molar-refractivity contribution < 1.29 is 13.9 Å². The minimum absolute atomic E-state index is 0.136. The Balaban J connectivity index is 1.64. The number of rotatable bonds is 7. The van der Waals surface area contributed by atoms with Crippen LogP contribution in [0.2, 0.25) is 0 Å². The van der Waals surface area contributed by atoms with Gasteiger partial charge in [-0.15, -0.1) is 0 Å². The zero-order chi connectivity index (χ0) is 19.9. The summed E-state index contributed by atoms with van der Waals surface area (Å²) < 4.78 is 18.9. The van der Waals surface area contributed by atoms with Gasteiger partial charge in [-0.05, 0) is 38.1 Å². The normalized spacial score (nSPS) is 17.3. The number of hydrogen-bond acceptors (Lipinski definition) is 6. The van der Waals surface area contributed by atoms with Gasteiger partial charge in [-0.1, -0.05) is 6.07 Å². The van der Waals surface area contributed by atoms with Crippen LogP contribution < -0.4 is 5.32 Å². The number of nitrogens with zero attached hydrogens (tertiary/aromatic N) is 4. The Morgan fingerprint density at radius 2 is 2.11 bits per heavy atom. The van der Waals surface area contributed by atoms with Gasteiger partial charge in [-0.3, -0.25) is 9.69 Å². The number of carbonyl (C=O) groups is 1. The summed E-state index contributed by atoms with van der Waals surface area (Å²) in [7, 11) is 0. The molecule has 1 aliphatic rings. The zero-order valence-corrected chi connectivity index (χ0v) is 16.3. The first kappa shape index (κ1) is 20.2. The topological polar surface area (TPSA) is 70.6 Å². The summed E-state index contributed by atoms with van der Waals surface area (Å²) >= 11 is 0. The molecule has 0 aliphatic carbocycles. The van der Waals surface area contributed by atoms with Gasteiger partial charge in [0.05, 0.1) is 25.0 Å². The minimum atomic E-state index is -0.387.